The zero-order valence-corrected chi connectivity index (χ0v) is 14.3. The maximum absolute atomic E-state index is 13.8. The number of carbonyl (C=O) groups excluding carboxylic acids is 1. The lowest BCUT2D eigenvalue weighted by atomic mass is 10.0. The third-order valence-corrected chi connectivity index (χ3v) is 3.91. The van der Waals surface area contributed by atoms with Gasteiger partial charge < -0.3 is 9.47 Å². The number of rotatable bonds is 8. The molecule has 0 saturated carbocycles. The summed E-state index contributed by atoms with van der Waals surface area (Å²) in [6.45, 7) is 4.52. The van der Waals surface area contributed by atoms with Gasteiger partial charge in [0.2, 0.25) is 0 Å². The molecule has 0 aliphatic carbocycles. The van der Waals surface area contributed by atoms with Gasteiger partial charge in [-0.05, 0) is 49.4 Å². The number of esters is 1. The molecule has 0 fully saturated rings. The first-order valence-electron chi connectivity index (χ1n) is 8.16. The number of H-pyrrole nitrogens is 1. The topological polar surface area (TPSA) is 64.2 Å². The minimum absolute atomic E-state index is 0.0662. The summed E-state index contributed by atoms with van der Waals surface area (Å²) in [5, 5.41) is 7.39. The van der Waals surface area contributed by atoms with E-state index in [1.165, 1.54) is 30.9 Å². The number of aromatic nitrogens is 2. The molecule has 0 unspecified atom stereocenters. The molecule has 0 aliphatic rings. The molecular formula is C18H23FN2O3. The Morgan fingerprint density at radius 2 is 2.08 bits per heavy atom. The van der Waals surface area contributed by atoms with E-state index < -0.39 is 11.8 Å². The highest BCUT2D eigenvalue weighted by Gasteiger charge is 2.12. The van der Waals surface area contributed by atoms with Crippen molar-refractivity contribution in [2.45, 2.75) is 39.5 Å². The number of ether oxygens (including phenoxy) is 2. The summed E-state index contributed by atoms with van der Waals surface area (Å²) in [4.78, 5) is 11.5. The van der Waals surface area contributed by atoms with Crippen LogP contribution in [0.3, 0.4) is 0 Å². The molecule has 0 bridgehead atoms. The highest BCUT2D eigenvalue weighted by atomic mass is 19.1. The number of benzene rings is 1. The Morgan fingerprint density at radius 1 is 1.29 bits per heavy atom. The van der Waals surface area contributed by atoms with Gasteiger partial charge >= 0.3 is 5.97 Å². The first-order valence-corrected chi connectivity index (χ1v) is 8.16. The number of halogens is 1. The Morgan fingerprint density at radius 3 is 2.75 bits per heavy atom. The molecule has 2 aromatic rings. The minimum Gasteiger partial charge on any atom is -0.490 e. The smallest absolute Gasteiger partial charge is 0.337 e. The van der Waals surface area contributed by atoms with Gasteiger partial charge in [-0.15, -0.1) is 0 Å². The van der Waals surface area contributed by atoms with Gasteiger partial charge in [0.15, 0.2) is 11.6 Å². The summed E-state index contributed by atoms with van der Waals surface area (Å²) < 4.78 is 23.9. The van der Waals surface area contributed by atoms with Crippen molar-refractivity contribution >= 4 is 5.97 Å². The van der Waals surface area contributed by atoms with Crippen molar-refractivity contribution in [3.8, 4) is 5.75 Å². The van der Waals surface area contributed by atoms with Crippen LogP contribution in [0.2, 0.25) is 0 Å². The number of carbonyl (C=O) groups is 1. The van der Waals surface area contributed by atoms with Crippen LogP contribution in [0.5, 0.6) is 5.75 Å². The predicted molar refractivity (Wildman–Crippen MR) is 88.9 cm³/mol. The normalized spacial score (nSPS) is 10.7. The van der Waals surface area contributed by atoms with Crippen LogP contribution < -0.4 is 4.74 Å². The molecule has 1 aromatic carbocycles. The highest BCUT2D eigenvalue weighted by molar-refractivity contribution is 5.89. The van der Waals surface area contributed by atoms with Crippen molar-refractivity contribution < 1.29 is 18.7 Å². The van der Waals surface area contributed by atoms with E-state index >= 15 is 0 Å². The number of aryl methyl sites for hydroxylation is 2. The Labute approximate surface area is 141 Å². The van der Waals surface area contributed by atoms with E-state index in [4.69, 9.17) is 4.74 Å². The molecule has 0 spiro atoms. The van der Waals surface area contributed by atoms with E-state index in [2.05, 4.69) is 28.8 Å². The fourth-order valence-electron chi connectivity index (χ4n) is 2.61. The van der Waals surface area contributed by atoms with Crippen LogP contribution in [-0.2, 0) is 24.0 Å². The van der Waals surface area contributed by atoms with Crippen LogP contribution in [0.4, 0.5) is 4.39 Å². The molecule has 6 heteroatoms. The van der Waals surface area contributed by atoms with Crippen molar-refractivity contribution in [3.05, 3.63) is 46.5 Å². The van der Waals surface area contributed by atoms with Crippen LogP contribution in [-0.4, -0.2) is 29.9 Å². The second-order valence-electron chi connectivity index (χ2n) is 5.42. The lowest BCUT2D eigenvalue weighted by molar-refractivity contribution is 0.0600. The Bertz CT molecular complexity index is 676. The number of aromatic amines is 1. The molecule has 0 saturated heterocycles. The van der Waals surface area contributed by atoms with Crippen LogP contribution in [0.15, 0.2) is 18.2 Å². The number of nitrogens with zero attached hydrogens (tertiary/aromatic N) is 1. The summed E-state index contributed by atoms with van der Waals surface area (Å²) in [7, 11) is 1.29. The lowest BCUT2D eigenvalue weighted by Crippen LogP contribution is -2.05. The molecule has 0 amide bonds. The SMILES string of the molecule is CCc1n[nH]c(CC)c1CCCOc1cc(C(=O)OC)ccc1F. The largest absolute Gasteiger partial charge is 0.490 e. The average Bonchev–Trinajstić information content (AvgIpc) is 3.01. The first kappa shape index (κ1) is 18.0. The van der Waals surface area contributed by atoms with E-state index in [0.29, 0.717) is 6.61 Å². The van der Waals surface area contributed by atoms with Crippen LogP contribution in [0.25, 0.3) is 0 Å². The molecule has 24 heavy (non-hydrogen) atoms. The maximum atomic E-state index is 13.8. The van der Waals surface area contributed by atoms with Gasteiger partial charge in [-0.25, -0.2) is 9.18 Å². The zero-order chi connectivity index (χ0) is 17.5. The molecule has 130 valence electrons. The maximum Gasteiger partial charge on any atom is 0.337 e. The molecular weight excluding hydrogens is 311 g/mol. The molecule has 0 radical (unpaired) electrons. The van der Waals surface area contributed by atoms with Crippen molar-refractivity contribution in [1.29, 1.82) is 0 Å². The van der Waals surface area contributed by atoms with E-state index in [1.54, 1.807) is 0 Å². The number of methoxy groups -OCH3 is 1. The fraction of sp³-hybridized carbons (Fsp3) is 0.444. The Kier molecular flexibility index (Phi) is 6.35. The number of hydrogen-bond donors (Lipinski definition) is 1. The summed E-state index contributed by atoms with van der Waals surface area (Å²) in [6.07, 6.45) is 3.34. The number of hydrogen-bond acceptors (Lipinski definition) is 4. The molecule has 5 nitrogen and oxygen atoms in total. The zero-order valence-electron chi connectivity index (χ0n) is 14.3. The minimum atomic E-state index is -0.515. The first-order chi connectivity index (χ1) is 11.6. The molecule has 1 aromatic heterocycles. The van der Waals surface area contributed by atoms with E-state index in [0.717, 1.165) is 37.1 Å². The molecule has 1 heterocycles. The van der Waals surface area contributed by atoms with Crippen molar-refractivity contribution in [3.63, 3.8) is 0 Å². The summed E-state index contributed by atoms with van der Waals surface area (Å²) in [5.41, 5.74) is 3.72. The van der Waals surface area contributed by atoms with Gasteiger partial charge in [-0.3, -0.25) is 5.10 Å². The van der Waals surface area contributed by atoms with Crippen LogP contribution in [0.1, 0.15) is 47.6 Å². The third kappa shape index (κ3) is 4.13. The van der Waals surface area contributed by atoms with Crippen molar-refractivity contribution in [2.75, 3.05) is 13.7 Å². The highest BCUT2D eigenvalue weighted by Crippen LogP contribution is 2.20. The molecule has 0 aliphatic heterocycles. The number of nitrogens with one attached hydrogen (secondary N) is 1. The van der Waals surface area contributed by atoms with E-state index in [9.17, 15) is 9.18 Å². The van der Waals surface area contributed by atoms with Gasteiger partial charge in [-0.1, -0.05) is 13.8 Å². The van der Waals surface area contributed by atoms with Gasteiger partial charge in [0.1, 0.15) is 0 Å². The monoisotopic (exact) mass is 334 g/mol. The Hall–Kier alpha value is -2.37. The molecule has 1 N–H and O–H groups in total. The van der Waals surface area contributed by atoms with Gasteiger partial charge in [0.25, 0.3) is 0 Å². The molecule has 0 atom stereocenters. The second-order valence-corrected chi connectivity index (χ2v) is 5.42. The third-order valence-electron chi connectivity index (χ3n) is 3.91. The van der Waals surface area contributed by atoms with E-state index in [1.807, 2.05) is 0 Å². The van der Waals surface area contributed by atoms with Crippen LogP contribution in [0, 0.1) is 5.82 Å². The Balaban J connectivity index is 1.95. The lowest BCUT2D eigenvalue weighted by Gasteiger charge is -2.09. The van der Waals surface area contributed by atoms with Gasteiger partial charge in [0.05, 0.1) is 25.0 Å². The predicted octanol–water partition coefficient (Wildman–Crippen LogP) is 3.47. The molecule has 2 rings (SSSR count). The standard InChI is InChI=1S/C18H23FN2O3/c1-4-15-13(16(5-2)21-20-15)7-6-10-24-17-11-12(18(22)23-3)8-9-14(17)19/h8-9,11H,4-7,10H2,1-3H3,(H,20,21). The van der Waals surface area contributed by atoms with Gasteiger partial charge in [0, 0.05) is 5.69 Å². The van der Waals surface area contributed by atoms with Gasteiger partial charge in [-0.2, -0.15) is 5.10 Å². The summed E-state index contributed by atoms with van der Waals surface area (Å²) >= 11 is 0. The van der Waals surface area contributed by atoms with E-state index in [-0.39, 0.29) is 11.3 Å². The quantitative estimate of drug-likeness (QED) is 0.593. The second kappa shape index (κ2) is 8.47. The fourth-order valence-corrected chi connectivity index (χ4v) is 2.61. The summed E-state index contributed by atoms with van der Waals surface area (Å²) in [6, 6.07) is 3.95. The summed E-state index contributed by atoms with van der Waals surface area (Å²) in [5.74, 6) is -0.940. The van der Waals surface area contributed by atoms with Crippen molar-refractivity contribution in [2.24, 2.45) is 0 Å². The van der Waals surface area contributed by atoms with Crippen LogP contribution >= 0.6 is 0 Å². The average molecular weight is 334 g/mol. The van der Waals surface area contributed by atoms with Crippen molar-refractivity contribution in [1.82, 2.24) is 10.2 Å².